The van der Waals surface area contributed by atoms with Gasteiger partial charge in [0.05, 0.1) is 35.8 Å². The summed E-state index contributed by atoms with van der Waals surface area (Å²) in [6, 6.07) is 15.4. The lowest BCUT2D eigenvalue weighted by atomic mass is 10.0. The second-order valence-corrected chi connectivity index (χ2v) is 8.09. The molecule has 5 aromatic rings. The third kappa shape index (κ3) is 4.63. The maximum atomic E-state index is 12.4. The van der Waals surface area contributed by atoms with Crippen LogP contribution < -0.4 is 10.6 Å². The first-order valence-electron chi connectivity index (χ1n) is 10.1. The molecule has 0 unspecified atom stereocenters. The number of anilines is 1. The van der Waals surface area contributed by atoms with Gasteiger partial charge < -0.3 is 15.0 Å². The van der Waals surface area contributed by atoms with Crippen LogP contribution in [0.1, 0.15) is 10.4 Å². The maximum absolute atomic E-state index is 12.4. The van der Waals surface area contributed by atoms with Gasteiger partial charge in [0, 0.05) is 29.5 Å². The molecule has 4 aromatic heterocycles. The number of benzene rings is 1. The fraction of sp³-hybridized carbons (Fsp3) is 0.0417. The molecule has 2 N–H and O–H groups in total. The van der Waals surface area contributed by atoms with Gasteiger partial charge in [-0.2, -0.15) is 0 Å². The van der Waals surface area contributed by atoms with Crippen molar-refractivity contribution in [1.29, 1.82) is 0 Å². The highest BCUT2D eigenvalue weighted by atomic mass is 32.1. The van der Waals surface area contributed by atoms with E-state index in [1.54, 1.807) is 47.6 Å². The molecule has 33 heavy (non-hydrogen) atoms. The van der Waals surface area contributed by atoms with Crippen molar-refractivity contribution in [3.8, 4) is 22.4 Å². The van der Waals surface area contributed by atoms with Gasteiger partial charge in [-0.1, -0.05) is 18.2 Å². The number of hydrogen-bond acceptors (Lipinski definition) is 6. The minimum absolute atomic E-state index is 0.159. The number of pyridine rings is 2. The van der Waals surface area contributed by atoms with E-state index in [1.165, 1.54) is 11.3 Å². The number of imidazole rings is 1. The van der Waals surface area contributed by atoms with Crippen LogP contribution in [0.25, 0.3) is 27.9 Å². The van der Waals surface area contributed by atoms with Crippen LogP contribution >= 0.6 is 11.3 Å². The number of thiazole rings is 1. The van der Waals surface area contributed by atoms with Crippen molar-refractivity contribution >= 4 is 33.8 Å². The predicted octanol–water partition coefficient (Wildman–Crippen LogP) is 3.89. The molecule has 0 aliphatic carbocycles. The molecule has 1 aromatic carbocycles. The molecular weight excluding hydrogens is 436 g/mol. The fourth-order valence-corrected chi connectivity index (χ4v) is 4.08. The van der Waals surface area contributed by atoms with Crippen LogP contribution in [0.15, 0.2) is 85.0 Å². The summed E-state index contributed by atoms with van der Waals surface area (Å²) < 4.78 is 1.75. The number of amides is 2. The lowest BCUT2D eigenvalue weighted by molar-refractivity contribution is -0.115. The summed E-state index contributed by atoms with van der Waals surface area (Å²) in [6.07, 6.45) is 8.50. The number of nitrogens with one attached hydrogen (secondary N) is 2. The Morgan fingerprint density at radius 2 is 1.82 bits per heavy atom. The van der Waals surface area contributed by atoms with Gasteiger partial charge in [0.1, 0.15) is 0 Å². The molecule has 0 saturated heterocycles. The van der Waals surface area contributed by atoms with Gasteiger partial charge >= 0.3 is 0 Å². The van der Waals surface area contributed by atoms with Crippen molar-refractivity contribution in [3.63, 3.8) is 0 Å². The summed E-state index contributed by atoms with van der Waals surface area (Å²) in [6.45, 7) is -0.159. The molecule has 0 aliphatic rings. The molecule has 5 rings (SSSR count). The normalized spacial score (nSPS) is 10.8. The van der Waals surface area contributed by atoms with Crippen LogP contribution in [-0.4, -0.2) is 37.7 Å². The van der Waals surface area contributed by atoms with Crippen LogP contribution in [-0.2, 0) is 4.79 Å². The van der Waals surface area contributed by atoms with E-state index in [-0.39, 0.29) is 18.4 Å². The SMILES string of the molecule is O=C(CNC(=O)c1ccc2cncn2c1)Nc1nc(-c2cccc(-c3ccncc3)c2)cs1. The van der Waals surface area contributed by atoms with Crippen LogP contribution in [0.5, 0.6) is 0 Å². The van der Waals surface area contributed by atoms with E-state index >= 15 is 0 Å². The minimum atomic E-state index is -0.349. The standard InChI is InChI=1S/C24H18N6O2S/c31-22(12-27-23(32)19-4-5-20-11-26-15-30(20)13-19)29-24-28-21(14-33-24)18-3-1-2-17(10-18)16-6-8-25-9-7-16/h1-11,13-15H,12H2,(H,27,32)(H,28,29,31). The molecule has 0 radical (unpaired) electrons. The number of hydrogen-bond donors (Lipinski definition) is 2. The van der Waals surface area contributed by atoms with E-state index in [9.17, 15) is 9.59 Å². The number of aromatic nitrogens is 4. The van der Waals surface area contributed by atoms with Crippen molar-refractivity contribution in [1.82, 2.24) is 24.7 Å². The third-order valence-electron chi connectivity index (χ3n) is 5.00. The summed E-state index contributed by atoms with van der Waals surface area (Å²) in [5.74, 6) is -0.688. The largest absolute Gasteiger partial charge is 0.343 e. The monoisotopic (exact) mass is 454 g/mol. The summed E-state index contributed by atoms with van der Waals surface area (Å²) in [5, 5.41) is 7.73. The Morgan fingerprint density at radius 3 is 2.70 bits per heavy atom. The van der Waals surface area contributed by atoms with Gasteiger partial charge in [0.15, 0.2) is 5.13 Å². The second kappa shape index (κ2) is 9.01. The first-order chi connectivity index (χ1) is 16.2. The van der Waals surface area contributed by atoms with Crippen LogP contribution in [0.4, 0.5) is 5.13 Å². The lowest BCUT2D eigenvalue weighted by Crippen LogP contribution is -2.32. The molecule has 0 saturated carbocycles. The van der Waals surface area contributed by atoms with E-state index in [4.69, 9.17) is 0 Å². The Morgan fingerprint density at radius 1 is 0.970 bits per heavy atom. The molecule has 162 valence electrons. The predicted molar refractivity (Wildman–Crippen MR) is 127 cm³/mol. The quantitative estimate of drug-likeness (QED) is 0.405. The van der Waals surface area contributed by atoms with Gasteiger partial charge in [-0.25, -0.2) is 9.97 Å². The number of carbonyl (C=O) groups excluding carboxylic acids is 2. The number of nitrogens with zero attached hydrogens (tertiary/aromatic N) is 4. The molecule has 0 spiro atoms. The molecule has 8 nitrogen and oxygen atoms in total. The first kappa shape index (κ1) is 20.5. The number of fused-ring (bicyclic) bond motifs is 1. The van der Waals surface area contributed by atoms with Crippen molar-refractivity contribution in [2.75, 3.05) is 11.9 Å². The first-order valence-corrected chi connectivity index (χ1v) is 11.0. The molecule has 0 atom stereocenters. The van der Waals surface area contributed by atoms with Crippen LogP contribution in [0.3, 0.4) is 0 Å². The summed E-state index contributed by atoms with van der Waals surface area (Å²) >= 11 is 1.33. The molecule has 2 amide bonds. The average Bonchev–Trinajstić information content (AvgIpc) is 3.52. The Kier molecular flexibility index (Phi) is 5.61. The summed E-state index contributed by atoms with van der Waals surface area (Å²) in [4.78, 5) is 37.3. The van der Waals surface area contributed by atoms with E-state index in [0.717, 1.165) is 27.9 Å². The van der Waals surface area contributed by atoms with Crippen molar-refractivity contribution < 1.29 is 9.59 Å². The van der Waals surface area contributed by atoms with Crippen molar-refractivity contribution in [2.45, 2.75) is 0 Å². The summed E-state index contributed by atoms with van der Waals surface area (Å²) in [7, 11) is 0. The van der Waals surface area contributed by atoms with Gasteiger partial charge in [-0.3, -0.25) is 14.6 Å². The Hall–Kier alpha value is -4.37. The molecule has 0 fully saturated rings. The lowest BCUT2D eigenvalue weighted by Gasteiger charge is -2.06. The fourth-order valence-electron chi connectivity index (χ4n) is 3.35. The molecule has 0 aliphatic heterocycles. The zero-order valence-electron chi connectivity index (χ0n) is 17.3. The smallest absolute Gasteiger partial charge is 0.253 e. The van der Waals surface area contributed by atoms with Crippen molar-refractivity contribution in [2.24, 2.45) is 0 Å². The molecule has 9 heteroatoms. The van der Waals surface area contributed by atoms with Crippen LogP contribution in [0, 0.1) is 0 Å². The molecule has 0 bridgehead atoms. The topological polar surface area (TPSA) is 101 Å². The Balaban J connectivity index is 1.21. The van der Waals surface area contributed by atoms with Gasteiger partial charge in [0.2, 0.25) is 5.91 Å². The van der Waals surface area contributed by atoms with E-state index < -0.39 is 0 Å². The van der Waals surface area contributed by atoms with E-state index in [1.807, 2.05) is 41.8 Å². The summed E-state index contributed by atoms with van der Waals surface area (Å²) in [5.41, 5.74) is 5.17. The Labute approximate surface area is 193 Å². The highest BCUT2D eigenvalue weighted by molar-refractivity contribution is 7.14. The minimum Gasteiger partial charge on any atom is -0.343 e. The third-order valence-corrected chi connectivity index (χ3v) is 5.76. The molecular formula is C24H18N6O2S. The van der Waals surface area contributed by atoms with E-state index in [0.29, 0.717) is 10.7 Å². The number of rotatable bonds is 6. The number of carbonyl (C=O) groups is 2. The van der Waals surface area contributed by atoms with Crippen LogP contribution in [0.2, 0.25) is 0 Å². The average molecular weight is 455 g/mol. The highest BCUT2D eigenvalue weighted by Gasteiger charge is 2.12. The van der Waals surface area contributed by atoms with Crippen molar-refractivity contribution in [3.05, 3.63) is 90.6 Å². The maximum Gasteiger partial charge on any atom is 0.253 e. The van der Waals surface area contributed by atoms with Gasteiger partial charge in [-0.05, 0) is 41.5 Å². The second-order valence-electron chi connectivity index (χ2n) is 7.23. The van der Waals surface area contributed by atoms with Gasteiger partial charge in [-0.15, -0.1) is 11.3 Å². The zero-order valence-corrected chi connectivity index (χ0v) is 18.1. The van der Waals surface area contributed by atoms with E-state index in [2.05, 4.69) is 25.6 Å². The zero-order chi connectivity index (χ0) is 22.6. The molecule has 4 heterocycles. The van der Waals surface area contributed by atoms with Gasteiger partial charge in [0.25, 0.3) is 5.91 Å². The highest BCUT2D eigenvalue weighted by Crippen LogP contribution is 2.28. The Bertz CT molecular complexity index is 1440.